The molecule has 0 aliphatic carbocycles. The summed E-state index contributed by atoms with van der Waals surface area (Å²) in [5.41, 5.74) is 1.02. The van der Waals surface area contributed by atoms with Crippen LogP contribution in [0.4, 0.5) is 4.39 Å². The van der Waals surface area contributed by atoms with Gasteiger partial charge in [0.25, 0.3) is 0 Å². The quantitative estimate of drug-likeness (QED) is 0.873. The SMILES string of the molecule is CCC1COC(C)CN1CCC(NC)c1cccc(F)c1. The lowest BCUT2D eigenvalue weighted by molar-refractivity contribution is -0.0566. The van der Waals surface area contributed by atoms with Crippen molar-refractivity contribution in [1.29, 1.82) is 0 Å². The van der Waals surface area contributed by atoms with Gasteiger partial charge in [0.05, 0.1) is 12.7 Å². The molecule has 1 saturated heterocycles. The fourth-order valence-corrected chi connectivity index (χ4v) is 3.06. The Kier molecular flexibility index (Phi) is 6.15. The van der Waals surface area contributed by atoms with E-state index in [-0.39, 0.29) is 11.9 Å². The molecule has 1 fully saturated rings. The summed E-state index contributed by atoms with van der Waals surface area (Å²) in [6.07, 6.45) is 2.38. The lowest BCUT2D eigenvalue weighted by Crippen LogP contribution is -2.49. The van der Waals surface area contributed by atoms with Crippen molar-refractivity contribution in [1.82, 2.24) is 10.2 Å². The van der Waals surface area contributed by atoms with Crippen LogP contribution in [0.25, 0.3) is 0 Å². The maximum absolute atomic E-state index is 13.4. The van der Waals surface area contributed by atoms with Crippen LogP contribution in [0, 0.1) is 5.82 Å². The molecule has 0 saturated carbocycles. The molecule has 3 nitrogen and oxygen atoms in total. The van der Waals surface area contributed by atoms with Crippen molar-refractivity contribution in [3.63, 3.8) is 0 Å². The first kappa shape index (κ1) is 16.4. The maximum Gasteiger partial charge on any atom is 0.123 e. The van der Waals surface area contributed by atoms with Crippen LogP contribution in [0.3, 0.4) is 0 Å². The van der Waals surface area contributed by atoms with Gasteiger partial charge < -0.3 is 10.1 Å². The highest BCUT2D eigenvalue weighted by Gasteiger charge is 2.25. The fraction of sp³-hybridized carbons (Fsp3) is 0.647. The second-order valence-electron chi connectivity index (χ2n) is 5.89. The van der Waals surface area contributed by atoms with Crippen LogP contribution in [0.1, 0.15) is 38.3 Å². The number of hydrogen-bond donors (Lipinski definition) is 1. The van der Waals surface area contributed by atoms with Crippen molar-refractivity contribution >= 4 is 0 Å². The zero-order valence-electron chi connectivity index (χ0n) is 13.3. The minimum Gasteiger partial charge on any atom is -0.376 e. The topological polar surface area (TPSA) is 24.5 Å². The van der Waals surface area contributed by atoms with E-state index in [1.54, 1.807) is 12.1 Å². The molecule has 1 heterocycles. The van der Waals surface area contributed by atoms with Crippen LogP contribution in [-0.4, -0.2) is 43.8 Å². The normalized spacial score (nSPS) is 25.0. The first-order valence-corrected chi connectivity index (χ1v) is 7.92. The molecular formula is C17H27FN2O. The van der Waals surface area contributed by atoms with Crippen molar-refractivity contribution in [2.45, 2.75) is 44.9 Å². The van der Waals surface area contributed by atoms with Gasteiger partial charge in [-0.2, -0.15) is 0 Å². The molecule has 1 aromatic rings. The summed E-state index contributed by atoms with van der Waals surface area (Å²) >= 11 is 0. The van der Waals surface area contributed by atoms with Gasteiger partial charge in [0.2, 0.25) is 0 Å². The number of nitrogens with one attached hydrogen (secondary N) is 1. The van der Waals surface area contributed by atoms with E-state index in [0.717, 1.165) is 38.1 Å². The smallest absolute Gasteiger partial charge is 0.123 e. The highest BCUT2D eigenvalue weighted by atomic mass is 19.1. The molecule has 21 heavy (non-hydrogen) atoms. The summed E-state index contributed by atoms with van der Waals surface area (Å²) in [7, 11) is 1.94. The summed E-state index contributed by atoms with van der Waals surface area (Å²) < 4.78 is 19.1. The van der Waals surface area contributed by atoms with Gasteiger partial charge in [-0.25, -0.2) is 4.39 Å². The van der Waals surface area contributed by atoms with Crippen molar-refractivity contribution in [2.24, 2.45) is 0 Å². The number of ether oxygens (including phenoxy) is 1. The molecule has 1 N–H and O–H groups in total. The van der Waals surface area contributed by atoms with E-state index >= 15 is 0 Å². The molecular weight excluding hydrogens is 267 g/mol. The van der Waals surface area contributed by atoms with Crippen molar-refractivity contribution < 1.29 is 9.13 Å². The highest BCUT2D eigenvalue weighted by Crippen LogP contribution is 2.21. The molecule has 4 heteroatoms. The number of nitrogens with zero attached hydrogens (tertiary/aromatic N) is 1. The Morgan fingerprint density at radius 1 is 1.48 bits per heavy atom. The first-order chi connectivity index (χ1) is 10.1. The van der Waals surface area contributed by atoms with E-state index in [4.69, 9.17) is 4.74 Å². The second-order valence-corrected chi connectivity index (χ2v) is 5.89. The molecule has 3 unspecified atom stereocenters. The van der Waals surface area contributed by atoms with Gasteiger partial charge in [0.15, 0.2) is 0 Å². The van der Waals surface area contributed by atoms with E-state index in [1.165, 1.54) is 6.07 Å². The van der Waals surface area contributed by atoms with Crippen LogP contribution in [0.5, 0.6) is 0 Å². The zero-order valence-corrected chi connectivity index (χ0v) is 13.3. The molecule has 1 aliphatic rings. The van der Waals surface area contributed by atoms with Gasteiger partial charge in [0.1, 0.15) is 5.82 Å². The molecule has 3 atom stereocenters. The number of benzene rings is 1. The van der Waals surface area contributed by atoms with Gasteiger partial charge in [-0.3, -0.25) is 4.90 Å². The van der Waals surface area contributed by atoms with Crippen molar-refractivity contribution in [2.75, 3.05) is 26.7 Å². The predicted octanol–water partition coefficient (Wildman–Crippen LogP) is 2.98. The monoisotopic (exact) mass is 294 g/mol. The van der Waals surface area contributed by atoms with Crippen molar-refractivity contribution in [3.8, 4) is 0 Å². The third kappa shape index (κ3) is 4.50. The molecule has 1 aromatic carbocycles. The van der Waals surface area contributed by atoms with Gasteiger partial charge in [-0.05, 0) is 44.5 Å². The lowest BCUT2D eigenvalue weighted by Gasteiger charge is -2.39. The third-order valence-electron chi connectivity index (χ3n) is 4.36. The van der Waals surface area contributed by atoms with Crippen LogP contribution in [-0.2, 0) is 4.74 Å². The number of halogens is 1. The molecule has 2 rings (SSSR count). The minimum atomic E-state index is -0.167. The van der Waals surface area contributed by atoms with Crippen LogP contribution in [0.2, 0.25) is 0 Å². The van der Waals surface area contributed by atoms with Gasteiger partial charge in [0, 0.05) is 25.2 Å². The van der Waals surface area contributed by atoms with E-state index < -0.39 is 0 Å². The maximum atomic E-state index is 13.4. The van der Waals surface area contributed by atoms with Crippen LogP contribution >= 0.6 is 0 Å². The van der Waals surface area contributed by atoms with Crippen LogP contribution < -0.4 is 5.32 Å². The standard InChI is InChI=1S/C17H27FN2O/c1-4-16-12-21-13(2)11-20(16)9-8-17(19-3)14-6-5-7-15(18)10-14/h5-7,10,13,16-17,19H,4,8-9,11-12H2,1-3H3. The second kappa shape index (κ2) is 7.87. The number of morpholine rings is 1. The zero-order chi connectivity index (χ0) is 15.2. The third-order valence-corrected chi connectivity index (χ3v) is 4.36. The average Bonchev–Trinajstić information content (AvgIpc) is 2.48. The molecule has 1 aliphatic heterocycles. The molecule has 118 valence electrons. The Balaban J connectivity index is 1.95. The Bertz CT molecular complexity index is 441. The van der Waals surface area contributed by atoms with Gasteiger partial charge in [-0.15, -0.1) is 0 Å². The van der Waals surface area contributed by atoms with E-state index in [2.05, 4.69) is 24.1 Å². The Morgan fingerprint density at radius 3 is 2.95 bits per heavy atom. The molecule has 0 bridgehead atoms. The van der Waals surface area contributed by atoms with E-state index in [9.17, 15) is 4.39 Å². The molecule has 0 spiro atoms. The summed E-state index contributed by atoms with van der Waals surface area (Å²) in [5.74, 6) is -0.167. The van der Waals surface area contributed by atoms with E-state index in [1.807, 2.05) is 13.1 Å². The Labute approximate surface area is 127 Å². The Hall–Kier alpha value is -0.970. The Morgan fingerprint density at radius 2 is 2.29 bits per heavy atom. The fourth-order valence-electron chi connectivity index (χ4n) is 3.06. The van der Waals surface area contributed by atoms with Crippen molar-refractivity contribution in [3.05, 3.63) is 35.6 Å². The lowest BCUT2D eigenvalue weighted by atomic mass is 10.0. The van der Waals surface area contributed by atoms with E-state index in [0.29, 0.717) is 12.1 Å². The average molecular weight is 294 g/mol. The number of hydrogen-bond acceptors (Lipinski definition) is 3. The predicted molar refractivity (Wildman–Crippen MR) is 83.9 cm³/mol. The summed E-state index contributed by atoms with van der Waals surface area (Å²) in [4.78, 5) is 2.51. The largest absolute Gasteiger partial charge is 0.376 e. The van der Waals surface area contributed by atoms with Gasteiger partial charge >= 0.3 is 0 Å². The molecule has 0 aromatic heterocycles. The summed E-state index contributed by atoms with van der Waals surface area (Å²) in [6.45, 7) is 7.15. The highest BCUT2D eigenvalue weighted by molar-refractivity contribution is 5.20. The summed E-state index contributed by atoms with van der Waals surface area (Å²) in [5, 5.41) is 3.30. The first-order valence-electron chi connectivity index (χ1n) is 7.92. The van der Waals surface area contributed by atoms with Gasteiger partial charge in [-0.1, -0.05) is 19.1 Å². The molecule has 0 amide bonds. The summed E-state index contributed by atoms with van der Waals surface area (Å²) in [6, 6.07) is 7.58. The number of rotatable bonds is 6. The van der Waals surface area contributed by atoms with Crippen LogP contribution in [0.15, 0.2) is 24.3 Å². The molecule has 0 radical (unpaired) electrons. The minimum absolute atomic E-state index is 0.167.